The average Bonchev–Trinajstić information content (AvgIpc) is 2.68. The van der Waals surface area contributed by atoms with E-state index in [2.05, 4.69) is 0 Å². The van der Waals surface area contributed by atoms with Crippen molar-refractivity contribution in [3.8, 4) is 0 Å². The molecule has 0 radical (unpaired) electrons. The molecule has 0 spiro atoms. The van der Waals surface area contributed by atoms with E-state index in [0.717, 1.165) is 0 Å². The van der Waals surface area contributed by atoms with Gasteiger partial charge in [0.15, 0.2) is 0 Å². The molecule has 0 aromatic carbocycles. The number of carbonyl (C=O) groups excluding carboxylic acids is 1. The molecule has 1 unspecified atom stereocenters. The van der Waals surface area contributed by atoms with E-state index in [1.54, 1.807) is 19.6 Å². The molecule has 0 aromatic rings. The van der Waals surface area contributed by atoms with Crippen LogP contribution in [0.25, 0.3) is 0 Å². The van der Waals surface area contributed by atoms with Crippen LogP contribution in [0.2, 0.25) is 0 Å². The molecule has 1 saturated heterocycles. The van der Waals surface area contributed by atoms with E-state index in [4.69, 9.17) is 10.2 Å². The predicted molar refractivity (Wildman–Crippen MR) is 111 cm³/mol. The first-order chi connectivity index (χ1) is 15.1. The van der Waals surface area contributed by atoms with Crippen molar-refractivity contribution in [1.29, 1.82) is 0 Å². The number of hydrogen-bond donors (Lipinski definition) is 4. The number of carbonyl (C=O) groups is 5. The maximum absolute atomic E-state index is 11.6. The summed E-state index contributed by atoms with van der Waals surface area (Å²) < 4.78 is 0. The lowest BCUT2D eigenvalue weighted by Gasteiger charge is -2.35. The molecule has 1 aliphatic heterocycles. The Hall–Kier alpha value is -2.61. The van der Waals surface area contributed by atoms with Gasteiger partial charge in [-0.15, -0.1) is 0 Å². The summed E-state index contributed by atoms with van der Waals surface area (Å²) in [7, 11) is 0. The highest BCUT2D eigenvalue weighted by Crippen LogP contribution is 2.08. The van der Waals surface area contributed by atoms with Gasteiger partial charge in [-0.25, -0.2) is 0 Å². The average molecular weight is 460 g/mol. The Morgan fingerprint density at radius 2 is 0.969 bits per heavy atom. The zero-order valence-electron chi connectivity index (χ0n) is 18.0. The van der Waals surface area contributed by atoms with Crippen molar-refractivity contribution in [2.45, 2.75) is 18.9 Å². The molecule has 0 aromatic heterocycles. The highest BCUT2D eigenvalue weighted by atomic mass is 16.4. The number of carboxylic acids is 4. The molecule has 0 amide bonds. The molecule has 1 atom stereocenters. The Balaban J connectivity index is 3.04. The second-order valence-corrected chi connectivity index (χ2v) is 7.68. The minimum Gasteiger partial charge on any atom is -0.481 e. The summed E-state index contributed by atoms with van der Waals surface area (Å²) in [4.78, 5) is 62.9. The molecule has 32 heavy (non-hydrogen) atoms. The highest BCUT2D eigenvalue weighted by molar-refractivity contribution is 5.70. The summed E-state index contributed by atoms with van der Waals surface area (Å²) in [5, 5.41) is 36.5. The van der Waals surface area contributed by atoms with Crippen LogP contribution in [0.4, 0.5) is 0 Å². The Bertz CT molecular complexity index is 629. The van der Waals surface area contributed by atoms with Gasteiger partial charge in [-0.05, 0) is 6.42 Å². The van der Waals surface area contributed by atoms with E-state index in [1.807, 2.05) is 0 Å². The fraction of sp³-hybridized carbons (Fsp3) is 0.737. The highest BCUT2D eigenvalue weighted by Gasteiger charge is 2.24. The van der Waals surface area contributed by atoms with Crippen molar-refractivity contribution in [2.75, 3.05) is 72.0 Å². The van der Waals surface area contributed by atoms with E-state index < -0.39 is 29.9 Å². The molecular formula is C19H32N4O9. The molecule has 13 nitrogen and oxygen atoms in total. The van der Waals surface area contributed by atoms with Crippen molar-refractivity contribution in [2.24, 2.45) is 0 Å². The third-order valence-corrected chi connectivity index (χ3v) is 5.23. The van der Waals surface area contributed by atoms with Crippen molar-refractivity contribution in [1.82, 2.24) is 19.6 Å². The van der Waals surface area contributed by atoms with Crippen molar-refractivity contribution < 1.29 is 44.4 Å². The fourth-order valence-corrected chi connectivity index (χ4v) is 3.54. The molecule has 1 rings (SSSR count). The Morgan fingerprint density at radius 1 is 0.625 bits per heavy atom. The van der Waals surface area contributed by atoms with Crippen LogP contribution in [0.5, 0.6) is 0 Å². The van der Waals surface area contributed by atoms with Crippen LogP contribution in [0.15, 0.2) is 0 Å². The van der Waals surface area contributed by atoms with Crippen LogP contribution in [0.3, 0.4) is 0 Å². The van der Waals surface area contributed by atoms with E-state index >= 15 is 0 Å². The van der Waals surface area contributed by atoms with E-state index in [9.17, 15) is 34.2 Å². The first kappa shape index (κ1) is 27.4. The molecule has 1 heterocycles. The smallest absolute Gasteiger partial charge is 0.317 e. The zero-order valence-corrected chi connectivity index (χ0v) is 18.0. The van der Waals surface area contributed by atoms with Crippen LogP contribution in [0, 0.1) is 0 Å². The number of aliphatic carboxylic acids is 4. The fourth-order valence-electron chi connectivity index (χ4n) is 3.54. The number of aldehydes is 1. The lowest BCUT2D eigenvalue weighted by atomic mass is 10.1. The first-order valence-electron chi connectivity index (χ1n) is 10.3. The summed E-state index contributed by atoms with van der Waals surface area (Å²) in [5.41, 5.74) is 0. The minimum absolute atomic E-state index is 0.0864. The second kappa shape index (κ2) is 14.5. The molecular weight excluding hydrogens is 428 g/mol. The number of nitrogens with zero attached hydrogens (tertiary/aromatic N) is 4. The van der Waals surface area contributed by atoms with Gasteiger partial charge in [-0.2, -0.15) is 0 Å². The minimum atomic E-state index is -1.04. The zero-order chi connectivity index (χ0) is 24.1. The maximum atomic E-state index is 11.6. The lowest BCUT2D eigenvalue weighted by molar-refractivity contribution is -0.140. The topological polar surface area (TPSA) is 179 Å². The van der Waals surface area contributed by atoms with Gasteiger partial charge in [0.2, 0.25) is 0 Å². The first-order valence-corrected chi connectivity index (χ1v) is 10.3. The van der Waals surface area contributed by atoms with Crippen LogP contribution < -0.4 is 0 Å². The number of rotatable bonds is 11. The molecule has 0 aliphatic carbocycles. The molecule has 1 aliphatic rings. The van der Waals surface area contributed by atoms with Crippen molar-refractivity contribution in [3.05, 3.63) is 0 Å². The van der Waals surface area contributed by atoms with Crippen molar-refractivity contribution >= 4 is 30.2 Å². The quantitative estimate of drug-likeness (QED) is 0.246. The second-order valence-electron chi connectivity index (χ2n) is 7.68. The van der Waals surface area contributed by atoms with Crippen LogP contribution in [0.1, 0.15) is 12.8 Å². The summed E-state index contributed by atoms with van der Waals surface area (Å²) >= 11 is 0. The monoisotopic (exact) mass is 460 g/mol. The third kappa shape index (κ3) is 11.7. The van der Waals surface area contributed by atoms with Crippen LogP contribution in [-0.2, 0) is 24.0 Å². The van der Waals surface area contributed by atoms with E-state index in [0.29, 0.717) is 6.29 Å². The largest absolute Gasteiger partial charge is 0.481 e. The molecule has 1 fully saturated rings. The summed E-state index contributed by atoms with van der Waals surface area (Å²) in [6.07, 6.45) is 0.539. The van der Waals surface area contributed by atoms with Gasteiger partial charge < -0.3 is 25.2 Å². The molecule has 4 N–H and O–H groups in total. The number of hydrogen-bond acceptors (Lipinski definition) is 9. The Morgan fingerprint density at radius 3 is 1.25 bits per heavy atom. The van der Waals surface area contributed by atoms with E-state index in [1.165, 1.54) is 0 Å². The molecule has 13 heteroatoms. The van der Waals surface area contributed by atoms with Gasteiger partial charge in [-0.1, -0.05) is 0 Å². The van der Waals surface area contributed by atoms with Gasteiger partial charge >= 0.3 is 23.9 Å². The normalized spacial score (nSPS) is 19.4. The summed E-state index contributed by atoms with van der Waals surface area (Å²) in [5.74, 6) is -4.16. The summed E-state index contributed by atoms with van der Waals surface area (Å²) in [6.45, 7) is 1.39. The number of carboxylic acid groups (broad SMARTS) is 4. The van der Waals surface area contributed by atoms with Gasteiger partial charge in [0.05, 0.1) is 25.7 Å². The van der Waals surface area contributed by atoms with E-state index in [-0.39, 0.29) is 84.8 Å². The summed E-state index contributed by atoms with van der Waals surface area (Å²) in [6, 6.07) is -0.698. The van der Waals surface area contributed by atoms with Crippen molar-refractivity contribution in [3.63, 3.8) is 0 Å². The third-order valence-electron chi connectivity index (χ3n) is 5.23. The SMILES string of the molecule is O=CC(CCC(=O)O)N1CCN(CC(=O)O)CCN(CC(=O)O)CCN(CC(=O)O)CC1. The van der Waals surface area contributed by atoms with Gasteiger partial charge in [-0.3, -0.25) is 38.8 Å². The molecule has 0 bridgehead atoms. The van der Waals surface area contributed by atoms with Crippen LogP contribution >= 0.6 is 0 Å². The molecule has 182 valence electrons. The van der Waals surface area contributed by atoms with Gasteiger partial charge in [0.25, 0.3) is 0 Å². The maximum Gasteiger partial charge on any atom is 0.317 e. The Kier molecular flexibility index (Phi) is 12.4. The predicted octanol–water partition coefficient (Wildman–Crippen LogP) is -2.11. The Labute approximate surface area is 185 Å². The van der Waals surface area contributed by atoms with Crippen LogP contribution in [-0.4, -0.2) is 148 Å². The van der Waals surface area contributed by atoms with Gasteiger partial charge in [0, 0.05) is 58.8 Å². The lowest BCUT2D eigenvalue weighted by Crippen LogP contribution is -2.50. The van der Waals surface area contributed by atoms with Gasteiger partial charge in [0.1, 0.15) is 6.29 Å². The molecule has 0 saturated carbocycles. The standard InChI is InChI=1S/C19H32N4O9/c24-14-15(1-2-16(25)26)23-9-7-21(12-18(29)30)5-3-20(11-17(27)28)4-6-22(8-10-23)13-19(31)32/h14-15H,1-13H2,(H,25,26)(H,27,28)(H,29,30)(H,31,32).